The SMILES string of the molecule is O=c1c2ccccc2c(C=Nc2cccc(C(F)(F)F)c2)c(O)n1-c1ccccc1Cl. The summed E-state index contributed by atoms with van der Waals surface area (Å²) in [5, 5.41) is 11.9. The summed E-state index contributed by atoms with van der Waals surface area (Å²) >= 11 is 6.23. The van der Waals surface area contributed by atoms with Crippen LogP contribution in [0.4, 0.5) is 18.9 Å². The highest BCUT2D eigenvalue weighted by atomic mass is 35.5. The first-order chi connectivity index (χ1) is 14.8. The number of halogens is 4. The summed E-state index contributed by atoms with van der Waals surface area (Å²) in [7, 11) is 0. The van der Waals surface area contributed by atoms with Crippen LogP contribution in [0.1, 0.15) is 11.1 Å². The van der Waals surface area contributed by atoms with E-state index in [2.05, 4.69) is 4.99 Å². The number of aromatic nitrogens is 1. The predicted octanol–water partition coefficient (Wildman–Crippen LogP) is 6.12. The Kier molecular flexibility index (Phi) is 5.29. The molecule has 4 nitrogen and oxygen atoms in total. The molecule has 0 bridgehead atoms. The number of rotatable bonds is 3. The second kappa shape index (κ2) is 7.92. The van der Waals surface area contributed by atoms with E-state index in [-0.39, 0.29) is 22.0 Å². The zero-order valence-electron chi connectivity index (χ0n) is 15.8. The topological polar surface area (TPSA) is 54.6 Å². The molecule has 156 valence electrons. The van der Waals surface area contributed by atoms with Crippen LogP contribution in [0.2, 0.25) is 5.02 Å². The Labute approximate surface area is 179 Å². The van der Waals surface area contributed by atoms with Crippen LogP contribution < -0.4 is 5.56 Å². The minimum absolute atomic E-state index is 0.0498. The molecule has 0 saturated heterocycles. The van der Waals surface area contributed by atoms with Gasteiger partial charge in [0.05, 0.1) is 27.5 Å². The first-order valence-electron chi connectivity index (χ1n) is 9.10. The molecule has 0 aliphatic rings. The number of nitrogens with zero attached hydrogens (tertiary/aromatic N) is 2. The summed E-state index contributed by atoms with van der Waals surface area (Å²) in [4.78, 5) is 17.2. The van der Waals surface area contributed by atoms with Gasteiger partial charge in [0.1, 0.15) is 0 Å². The van der Waals surface area contributed by atoms with E-state index in [1.807, 2.05) is 0 Å². The largest absolute Gasteiger partial charge is 0.494 e. The van der Waals surface area contributed by atoms with Crippen molar-refractivity contribution in [3.05, 3.63) is 99.3 Å². The van der Waals surface area contributed by atoms with E-state index in [0.29, 0.717) is 10.8 Å². The molecule has 3 aromatic carbocycles. The van der Waals surface area contributed by atoms with Crippen molar-refractivity contribution in [1.29, 1.82) is 0 Å². The summed E-state index contributed by atoms with van der Waals surface area (Å²) in [6, 6.07) is 17.6. The van der Waals surface area contributed by atoms with Gasteiger partial charge in [-0.3, -0.25) is 9.79 Å². The van der Waals surface area contributed by atoms with Crippen LogP contribution in [-0.4, -0.2) is 15.9 Å². The molecule has 8 heteroatoms. The van der Waals surface area contributed by atoms with Gasteiger partial charge in [-0.2, -0.15) is 13.2 Å². The number of hydrogen-bond acceptors (Lipinski definition) is 3. The van der Waals surface area contributed by atoms with E-state index in [0.717, 1.165) is 16.7 Å². The number of hydrogen-bond donors (Lipinski definition) is 1. The second-order valence-corrected chi connectivity index (χ2v) is 7.09. The fourth-order valence-corrected chi connectivity index (χ4v) is 3.47. The number of para-hydroxylation sites is 1. The zero-order chi connectivity index (χ0) is 22.2. The number of pyridine rings is 1. The molecule has 0 spiro atoms. The molecule has 0 fully saturated rings. The van der Waals surface area contributed by atoms with Gasteiger partial charge in [0, 0.05) is 17.0 Å². The molecule has 0 aliphatic carbocycles. The van der Waals surface area contributed by atoms with Crippen LogP contribution in [0.15, 0.2) is 82.6 Å². The lowest BCUT2D eigenvalue weighted by Gasteiger charge is -2.14. The van der Waals surface area contributed by atoms with Crippen LogP contribution >= 0.6 is 11.6 Å². The number of aromatic hydroxyl groups is 1. The molecule has 4 rings (SSSR count). The third-order valence-corrected chi connectivity index (χ3v) is 5.03. The summed E-state index contributed by atoms with van der Waals surface area (Å²) in [5.74, 6) is -0.424. The highest BCUT2D eigenvalue weighted by Gasteiger charge is 2.30. The molecule has 31 heavy (non-hydrogen) atoms. The highest BCUT2D eigenvalue weighted by Crippen LogP contribution is 2.32. The molecule has 1 aromatic heterocycles. The van der Waals surface area contributed by atoms with Gasteiger partial charge in [0.2, 0.25) is 5.88 Å². The maximum atomic E-state index is 13.1. The fraction of sp³-hybridized carbons (Fsp3) is 0.0435. The van der Waals surface area contributed by atoms with Gasteiger partial charge >= 0.3 is 6.18 Å². The van der Waals surface area contributed by atoms with Crippen molar-refractivity contribution in [3.8, 4) is 11.6 Å². The zero-order valence-corrected chi connectivity index (χ0v) is 16.5. The van der Waals surface area contributed by atoms with Gasteiger partial charge in [-0.25, -0.2) is 4.57 Å². The van der Waals surface area contributed by atoms with Crippen molar-refractivity contribution >= 4 is 34.3 Å². The molecule has 0 saturated carbocycles. The van der Waals surface area contributed by atoms with Crippen LogP contribution in [0.3, 0.4) is 0 Å². The summed E-state index contributed by atoms with van der Waals surface area (Å²) in [6.45, 7) is 0. The van der Waals surface area contributed by atoms with E-state index in [4.69, 9.17) is 11.6 Å². The average molecular weight is 443 g/mol. The predicted molar refractivity (Wildman–Crippen MR) is 115 cm³/mol. The first kappa shape index (κ1) is 20.7. The second-order valence-electron chi connectivity index (χ2n) is 6.68. The molecule has 0 unspecified atom stereocenters. The first-order valence-corrected chi connectivity index (χ1v) is 9.48. The maximum Gasteiger partial charge on any atom is 0.416 e. The van der Waals surface area contributed by atoms with Gasteiger partial charge in [-0.15, -0.1) is 0 Å². The van der Waals surface area contributed by atoms with Crippen molar-refractivity contribution in [3.63, 3.8) is 0 Å². The van der Waals surface area contributed by atoms with E-state index in [1.165, 1.54) is 18.3 Å². The van der Waals surface area contributed by atoms with Crippen LogP contribution in [0.5, 0.6) is 5.88 Å². The van der Waals surface area contributed by atoms with Crippen LogP contribution in [0.25, 0.3) is 16.5 Å². The van der Waals surface area contributed by atoms with Crippen molar-refractivity contribution in [2.24, 2.45) is 4.99 Å². The lowest BCUT2D eigenvalue weighted by Crippen LogP contribution is -2.20. The lowest BCUT2D eigenvalue weighted by molar-refractivity contribution is -0.137. The third-order valence-electron chi connectivity index (χ3n) is 4.71. The number of benzene rings is 3. The van der Waals surface area contributed by atoms with Gasteiger partial charge in [0.25, 0.3) is 5.56 Å². The van der Waals surface area contributed by atoms with Crippen molar-refractivity contribution in [2.45, 2.75) is 6.18 Å². The Balaban J connectivity index is 1.94. The van der Waals surface area contributed by atoms with Crippen molar-refractivity contribution < 1.29 is 18.3 Å². The fourth-order valence-electron chi connectivity index (χ4n) is 3.25. The van der Waals surface area contributed by atoms with Gasteiger partial charge < -0.3 is 5.11 Å². The third kappa shape index (κ3) is 3.92. The summed E-state index contributed by atoms with van der Waals surface area (Å²) < 4.78 is 40.0. The normalized spacial score (nSPS) is 12.0. The minimum Gasteiger partial charge on any atom is -0.494 e. The van der Waals surface area contributed by atoms with Gasteiger partial charge in [-0.05, 0) is 36.4 Å². The average Bonchev–Trinajstić information content (AvgIpc) is 2.75. The number of aliphatic imine (C=N–C) groups is 1. The molecule has 1 N–H and O–H groups in total. The van der Waals surface area contributed by atoms with Crippen molar-refractivity contribution in [1.82, 2.24) is 4.57 Å². The number of alkyl halides is 3. The Morgan fingerprint density at radius 3 is 2.32 bits per heavy atom. The summed E-state index contributed by atoms with van der Waals surface area (Å²) in [6.07, 6.45) is -3.27. The van der Waals surface area contributed by atoms with E-state index < -0.39 is 23.2 Å². The monoisotopic (exact) mass is 442 g/mol. The van der Waals surface area contributed by atoms with Gasteiger partial charge in [-0.1, -0.05) is 48.0 Å². The standard InChI is InChI=1S/C23H14ClF3N2O2/c24-19-10-3-4-11-20(19)29-21(30)17-9-2-1-8-16(17)18(22(29)31)13-28-15-7-5-6-14(12-15)23(25,26)27/h1-13,31H. The smallest absolute Gasteiger partial charge is 0.416 e. The molecule has 0 amide bonds. The van der Waals surface area contributed by atoms with Crippen LogP contribution in [-0.2, 0) is 6.18 Å². The van der Waals surface area contributed by atoms with Crippen LogP contribution in [0, 0.1) is 0 Å². The van der Waals surface area contributed by atoms with E-state index in [1.54, 1.807) is 48.5 Å². The van der Waals surface area contributed by atoms with E-state index in [9.17, 15) is 23.1 Å². The maximum absolute atomic E-state index is 13.1. The van der Waals surface area contributed by atoms with Crippen molar-refractivity contribution in [2.75, 3.05) is 0 Å². The number of fused-ring (bicyclic) bond motifs is 1. The molecule has 1 heterocycles. The minimum atomic E-state index is -4.50. The molecular weight excluding hydrogens is 429 g/mol. The Morgan fingerprint density at radius 1 is 0.935 bits per heavy atom. The summed E-state index contributed by atoms with van der Waals surface area (Å²) in [5.41, 5.74) is -0.831. The Morgan fingerprint density at radius 2 is 1.61 bits per heavy atom. The molecule has 0 radical (unpaired) electrons. The Hall–Kier alpha value is -3.58. The lowest BCUT2D eigenvalue weighted by atomic mass is 10.1. The quantitative estimate of drug-likeness (QED) is 0.389. The molecular formula is C23H14ClF3N2O2. The molecule has 0 aliphatic heterocycles. The molecule has 0 atom stereocenters. The van der Waals surface area contributed by atoms with Gasteiger partial charge in [0.15, 0.2) is 0 Å². The molecule has 4 aromatic rings. The Bertz CT molecular complexity index is 1380. The van der Waals surface area contributed by atoms with E-state index >= 15 is 0 Å². The highest BCUT2D eigenvalue weighted by molar-refractivity contribution is 6.32.